The van der Waals surface area contributed by atoms with Crippen LogP contribution >= 0.6 is 0 Å². The van der Waals surface area contributed by atoms with Crippen molar-refractivity contribution in [2.24, 2.45) is 10.9 Å². The zero-order valence-electron chi connectivity index (χ0n) is 15.1. The number of ketones is 1. The largest absolute Gasteiger partial charge is 0.333 e. The highest BCUT2D eigenvalue weighted by atomic mass is 19.1. The van der Waals surface area contributed by atoms with Crippen molar-refractivity contribution in [3.05, 3.63) is 64.9 Å². The highest BCUT2D eigenvalue weighted by Gasteiger charge is 2.32. The van der Waals surface area contributed by atoms with Gasteiger partial charge in [-0.15, -0.1) is 0 Å². The Morgan fingerprint density at radius 1 is 1.36 bits per heavy atom. The van der Waals surface area contributed by atoms with Crippen LogP contribution in [0.25, 0.3) is 5.57 Å². The van der Waals surface area contributed by atoms with E-state index in [-0.39, 0.29) is 11.6 Å². The van der Waals surface area contributed by atoms with Gasteiger partial charge >= 0.3 is 0 Å². The van der Waals surface area contributed by atoms with E-state index >= 15 is 0 Å². The second-order valence-corrected chi connectivity index (χ2v) is 6.69. The van der Waals surface area contributed by atoms with Gasteiger partial charge in [0, 0.05) is 25.2 Å². The van der Waals surface area contributed by atoms with E-state index < -0.39 is 0 Å². The van der Waals surface area contributed by atoms with Gasteiger partial charge in [-0.3, -0.25) is 4.79 Å². The van der Waals surface area contributed by atoms with Crippen molar-refractivity contribution in [1.29, 1.82) is 0 Å². The number of aryl methyl sites for hydroxylation is 1. The first kappa shape index (κ1) is 17.3. The van der Waals surface area contributed by atoms with Gasteiger partial charge < -0.3 is 4.90 Å². The summed E-state index contributed by atoms with van der Waals surface area (Å²) in [4.78, 5) is 18.4. The topological polar surface area (TPSA) is 32.7 Å². The fourth-order valence-electron chi connectivity index (χ4n) is 2.99. The van der Waals surface area contributed by atoms with Crippen molar-refractivity contribution in [3.63, 3.8) is 0 Å². The molecule has 1 heterocycles. The number of rotatable bonds is 4. The number of carbonyl (C=O) groups is 1. The van der Waals surface area contributed by atoms with E-state index in [9.17, 15) is 9.18 Å². The number of aliphatic imine (C=N–C) groups is 1. The van der Waals surface area contributed by atoms with Crippen LogP contribution in [0, 0.1) is 18.7 Å². The Bertz CT molecular complexity index is 841. The molecule has 1 aliphatic carbocycles. The van der Waals surface area contributed by atoms with Gasteiger partial charge in [0.1, 0.15) is 17.3 Å². The summed E-state index contributed by atoms with van der Waals surface area (Å²) in [7, 11) is 1.95. The molecule has 0 bridgehead atoms. The summed E-state index contributed by atoms with van der Waals surface area (Å²) in [5.74, 6) is 0.851. The van der Waals surface area contributed by atoms with E-state index in [4.69, 9.17) is 0 Å². The fourth-order valence-corrected chi connectivity index (χ4v) is 2.99. The molecule has 0 aromatic heterocycles. The van der Waals surface area contributed by atoms with Crippen LogP contribution < -0.4 is 0 Å². The van der Waals surface area contributed by atoms with Crippen molar-refractivity contribution in [2.45, 2.75) is 33.6 Å². The number of halogens is 1. The zero-order valence-corrected chi connectivity index (χ0v) is 15.1. The van der Waals surface area contributed by atoms with Crippen LogP contribution in [0.2, 0.25) is 0 Å². The maximum Gasteiger partial charge on any atom is 0.178 e. The predicted molar refractivity (Wildman–Crippen MR) is 99.6 cm³/mol. The molecule has 4 heteroatoms. The number of nitrogens with zero attached hydrogens (tertiary/aromatic N) is 2. The Kier molecular flexibility index (Phi) is 4.71. The molecule has 2 aliphatic rings. The summed E-state index contributed by atoms with van der Waals surface area (Å²) in [6.07, 6.45) is 7.88. The van der Waals surface area contributed by atoms with Gasteiger partial charge in [0.2, 0.25) is 0 Å². The smallest absolute Gasteiger partial charge is 0.178 e. The average Bonchev–Trinajstić information content (AvgIpc) is 3.39. The maximum atomic E-state index is 14.4. The molecule has 1 aliphatic heterocycles. The number of hydrogen-bond donors (Lipinski definition) is 0. The van der Waals surface area contributed by atoms with Gasteiger partial charge in [-0.05, 0) is 62.0 Å². The predicted octanol–water partition coefficient (Wildman–Crippen LogP) is 4.65. The monoisotopic (exact) mass is 338 g/mol. The summed E-state index contributed by atoms with van der Waals surface area (Å²) in [6.45, 7) is 5.27. The van der Waals surface area contributed by atoms with E-state index in [1.165, 1.54) is 13.0 Å². The second-order valence-electron chi connectivity index (χ2n) is 6.69. The normalized spacial score (nSPS) is 19.8. The number of hydrogen-bond acceptors (Lipinski definition) is 3. The van der Waals surface area contributed by atoms with Gasteiger partial charge in [-0.2, -0.15) is 0 Å². The standard InChI is InChI=1S/C21H23FN2O/c1-5-15(17-9-6-13(2)10-18(17)22)11-21-23-19(14(3)25)12-20(24(21)4)16-7-8-16/h5-6,9-12,16H,7-8H2,1-4H3/b15-5+,21-11-. The molecule has 1 fully saturated rings. The summed E-state index contributed by atoms with van der Waals surface area (Å²) >= 11 is 0. The van der Waals surface area contributed by atoms with Gasteiger partial charge in [0.15, 0.2) is 5.78 Å². The molecule has 0 spiro atoms. The molecule has 1 saturated carbocycles. The number of carbonyl (C=O) groups excluding carboxylic acids is 1. The molecule has 25 heavy (non-hydrogen) atoms. The molecule has 0 atom stereocenters. The van der Waals surface area contributed by atoms with Gasteiger partial charge in [-0.25, -0.2) is 9.38 Å². The van der Waals surface area contributed by atoms with Crippen molar-refractivity contribution < 1.29 is 9.18 Å². The Morgan fingerprint density at radius 2 is 2.08 bits per heavy atom. The van der Waals surface area contributed by atoms with Crippen LogP contribution in [0.15, 0.2) is 52.9 Å². The SMILES string of the molecule is C/C=C(\C=C1\N=C(C(C)=O)C=C(C2CC2)N1C)c1ccc(C)cc1F. The lowest BCUT2D eigenvalue weighted by molar-refractivity contribution is -0.111. The molecule has 1 aromatic rings. The van der Waals surface area contributed by atoms with E-state index in [1.807, 2.05) is 50.1 Å². The third-order valence-corrected chi connectivity index (χ3v) is 4.64. The third kappa shape index (κ3) is 3.63. The Hall–Kier alpha value is -2.49. The zero-order chi connectivity index (χ0) is 18.1. The van der Waals surface area contributed by atoms with Gasteiger partial charge in [-0.1, -0.05) is 18.2 Å². The molecule has 0 radical (unpaired) electrons. The Morgan fingerprint density at radius 3 is 2.64 bits per heavy atom. The van der Waals surface area contributed by atoms with E-state index in [0.29, 0.717) is 23.0 Å². The minimum atomic E-state index is -0.253. The lowest BCUT2D eigenvalue weighted by Gasteiger charge is -2.27. The first-order chi connectivity index (χ1) is 11.9. The second kappa shape index (κ2) is 6.79. The van der Waals surface area contributed by atoms with Crippen LogP contribution in [0.5, 0.6) is 0 Å². The molecule has 130 valence electrons. The number of Topliss-reactive ketones (excluding diaryl/α,β-unsaturated/α-hetero) is 1. The third-order valence-electron chi connectivity index (χ3n) is 4.64. The van der Waals surface area contributed by atoms with Crippen LogP contribution in [-0.2, 0) is 4.79 Å². The maximum absolute atomic E-state index is 14.4. The minimum absolute atomic E-state index is 0.0549. The lowest BCUT2D eigenvalue weighted by atomic mass is 10.0. The highest BCUT2D eigenvalue weighted by molar-refractivity contribution is 6.44. The molecule has 0 saturated heterocycles. The molecule has 3 nitrogen and oxygen atoms in total. The molecular formula is C21H23FN2O. The summed E-state index contributed by atoms with van der Waals surface area (Å²) < 4.78 is 14.4. The van der Waals surface area contributed by atoms with Crippen molar-refractivity contribution in [3.8, 4) is 0 Å². The van der Waals surface area contributed by atoms with Crippen molar-refractivity contribution in [1.82, 2.24) is 4.90 Å². The van der Waals surface area contributed by atoms with Crippen LogP contribution in [-0.4, -0.2) is 23.4 Å². The first-order valence-corrected chi connectivity index (χ1v) is 8.60. The fraction of sp³-hybridized carbons (Fsp3) is 0.333. The van der Waals surface area contributed by atoms with Crippen LogP contribution in [0.1, 0.15) is 37.8 Å². The summed E-state index contributed by atoms with van der Waals surface area (Å²) in [6, 6.07) is 5.21. The Balaban J connectivity index is 2.02. The summed E-state index contributed by atoms with van der Waals surface area (Å²) in [5.41, 5.74) is 3.76. The van der Waals surface area contributed by atoms with Crippen LogP contribution in [0.3, 0.4) is 0 Å². The highest BCUT2D eigenvalue weighted by Crippen LogP contribution is 2.40. The van der Waals surface area contributed by atoms with Gasteiger partial charge in [0.05, 0.1) is 0 Å². The molecule has 0 amide bonds. The minimum Gasteiger partial charge on any atom is -0.333 e. The van der Waals surface area contributed by atoms with E-state index in [1.54, 1.807) is 6.07 Å². The molecule has 0 unspecified atom stereocenters. The Labute approximate surface area is 148 Å². The number of benzene rings is 1. The van der Waals surface area contributed by atoms with E-state index in [0.717, 1.165) is 29.7 Å². The van der Waals surface area contributed by atoms with Crippen molar-refractivity contribution >= 4 is 17.1 Å². The molecule has 3 rings (SSSR count). The average molecular weight is 338 g/mol. The van der Waals surface area contributed by atoms with Gasteiger partial charge in [0.25, 0.3) is 0 Å². The summed E-state index contributed by atoms with van der Waals surface area (Å²) in [5, 5.41) is 0. The molecule has 1 aromatic carbocycles. The van der Waals surface area contributed by atoms with Crippen molar-refractivity contribution in [2.75, 3.05) is 7.05 Å². The van der Waals surface area contributed by atoms with Crippen LogP contribution in [0.4, 0.5) is 4.39 Å². The van der Waals surface area contributed by atoms with E-state index in [2.05, 4.69) is 4.99 Å². The lowest BCUT2D eigenvalue weighted by Crippen LogP contribution is -2.25. The number of allylic oxidation sites excluding steroid dienone is 5. The quantitative estimate of drug-likeness (QED) is 0.800. The molecule has 0 N–H and O–H groups in total. The first-order valence-electron chi connectivity index (χ1n) is 8.60. The molecular weight excluding hydrogens is 315 g/mol.